The summed E-state index contributed by atoms with van der Waals surface area (Å²) in [5.74, 6) is -2.88. The number of halogens is 4. The molecule has 0 aliphatic heterocycles. The summed E-state index contributed by atoms with van der Waals surface area (Å²) in [6, 6.07) is 1.79. The fraction of sp³-hybridized carbons (Fsp3) is 0.361. The number of thioether (sulfide) groups is 1. The molecule has 11 heteroatoms. The molecule has 0 saturated heterocycles. The molecular formula is C36H38F4N4O2S. The van der Waals surface area contributed by atoms with Gasteiger partial charge in [0.25, 0.3) is 5.56 Å². The number of rotatable bonds is 13. The van der Waals surface area contributed by atoms with Gasteiger partial charge in [-0.05, 0) is 78.8 Å². The molecule has 0 spiro atoms. The largest absolute Gasteiger partial charge is 0.416 e. The summed E-state index contributed by atoms with van der Waals surface area (Å²) in [6.07, 6.45) is -4.88. The Kier molecular flexibility index (Phi) is 5.51. The molecule has 0 saturated carbocycles. The highest BCUT2D eigenvalue weighted by atomic mass is 32.2. The Bertz CT molecular complexity index is 2550. The zero-order chi connectivity index (χ0) is 51.0. The number of alkyl halides is 3. The topological polar surface area (TPSA) is 58.4 Å². The average molecular weight is 687 g/mol. The first kappa shape index (κ1) is 16.9. The zero-order valence-corrected chi connectivity index (χ0v) is 25.0. The number of carbonyl (C=O) groups is 1. The number of fused-ring (bicyclic) bond motifs is 1. The summed E-state index contributed by atoms with van der Waals surface area (Å²) in [6.45, 7) is -26.6. The predicted octanol–water partition coefficient (Wildman–Crippen LogP) is 7.22. The molecule has 0 bridgehead atoms. The van der Waals surface area contributed by atoms with E-state index >= 15 is 4.79 Å². The number of nitrogens with zero attached hydrogens (tertiary/aromatic N) is 4. The number of likely N-dealkylation sites (N-methyl/N-ethyl adjacent to an activating group) is 1. The molecular weight excluding hydrogens is 628 g/mol. The van der Waals surface area contributed by atoms with Gasteiger partial charge in [0.2, 0.25) is 5.91 Å². The normalized spacial score (nSPS) is 21.1. The van der Waals surface area contributed by atoms with Gasteiger partial charge in [-0.3, -0.25) is 9.59 Å². The lowest BCUT2D eigenvalue weighted by Crippen LogP contribution is -2.40. The van der Waals surface area contributed by atoms with E-state index in [1.54, 1.807) is 0 Å². The summed E-state index contributed by atoms with van der Waals surface area (Å²) in [5, 5.41) is -0.844. The molecule has 0 N–H and O–H groups in total. The van der Waals surface area contributed by atoms with Crippen LogP contribution in [0.5, 0.6) is 0 Å². The van der Waals surface area contributed by atoms with Crippen molar-refractivity contribution >= 4 is 17.7 Å². The number of hydrogen-bond acceptors (Lipinski definition) is 5. The van der Waals surface area contributed by atoms with E-state index in [-0.39, 0.29) is 63.2 Å². The second-order valence-electron chi connectivity index (χ2n) is 9.91. The van der Waals surface area contributed by atoms with Gasteiger partial charge < -0.3 is 14.4 Å². The number of benzene rings is 3. The Morgan fingerprint density at radius 2 is 1.68 bits per heavy atom. The Hall–Kier alpha value is -3.96. The molecule has 1 aliphatic rings. The second-order valence-corrected chi connectivity index (χ2v) is 10.7. The maximum atomic E-state index is 15.1. The monoisotopic (exact) mass is 686 g/mol. The maximum absolute atomic E-state index is 15.1. The highest BCUT2D eigenvalue weighted by Gasteiger charge is 2.30. The van der Waals surface area contributed by atoms with Crippen LogP contribution < -0.4 is 5.56 Å². The number of hydrogen-bond donors (Lipinski definition) is 0. The molecule has 0 radical (unpaired) electrons. The van der Waals surface area contributed by atoms with Crippen LogP contribution in [0.4, 0.5) is 17.6 Å². The lowest BCUT2D eigenvalue weighted by atomic mass is 10.0. The number of amides is 1. The van der Waals surface area contributed by atoms with Gasteiger partial charge >= 0.3 is 6.18 Å². The third-order valence-electron chi connectivity index (χ3n) is 6.85. The van der Waals surface area contributed by atoms with Crippen molar-refractivity contribution < 1.29 is 49.8 Å². The first-order chi connectivity index (χ1) is 30.3. The predicted molar refractivity (Wildman–Crippen MR) is 177 cm³/mol. The minimum absolute atomic E-state index is 0.0383. The van der Waals surface area contributed by atoms with Crippen molar-refractivity contribution in [2.24, 2.45) is 0 Å². The average Bonchev–Trinajstić information content (AvgIpc) is 3.67. The molecule has 47 heavy (non-hydrogen) atoms. The first-order valence-corrected chi connectivity index (χ1v) is 14.6. The van der Waals surface area contributed by atoms with Crippen LogP contribution in [0, 0.1) is 5.82 Å². The molecule has 0 fully saturated rings. The fourth-order valence-electron chi connectivity index (χ4n) is 4.51. The van der Waals surface area contributed by atoms with Gasteiger partial charge in [0, 0.05) is 53.0 Å². The maximum Gasteiger partial charge on any atom is 0.416 e. The van der Waals surface area contributed by atoms with Crippen LogP contribution in [0.2, 0.25) is 0 Å². The summed E-state index contributed by atoms with van der Waals surface area (Å²) in [5.41, 5.74) is -7.78. The molecule has 6 nitrogen and oxygen atoms in total. The molecule has 0 atom stereocenters. The first-order valence-electron chi connectivity index (χ1n) is 23.8. The van der Waals surface area contributed by atoms with Gasteiger partial charge in [0.1, 0.15) is 12.3 Å². The van der Waals surface area contributed by atoms with Crippen molar-refractivity contribution in [2.45, 2.75) is 63.0 Å². The van der Waals surface area contributed by atoms with Crippen LogP contribution >= 0.6 is 11.8 Å². The van der Waals surface area contributed by atoms with E-state index in [0.717, 1.165) is 36.4 Å². The molecule has 1 amide bonds. The second kappa shape index (κ2) is 15.3. The molecule has 248 valence electrons. The van der Waals surface area contributed by atoms with E-state index in [1.165, 1.54) is 0 Å². The van der Waals surface area contributed by atoms with Gasteiger partial charge in [-0.2, -0.15) is 18.2 Å². The Morgan fingerprint density at radius 3 is 2.34 bits per heavy atom. The van der Waals surface area contributed by atoms with Gasteiger partial charge in [-0.15, -0.1) is 0 Å². The molecule has 1 aliphatic carbocycles. The number of aromatic nitrogens is 2. The minimum atomic E-state index is -4.82. The van der Waals surface area contributed by atoms with Crippen molar-refractivity contribution in [1.29, 1.82) is 0 Å². The van der Waals surface area contributed by atoms with Crippen LogP contribution in [0.1, 0.15) is 75.5 Å². The number of carbonyl (C=O) groups excluding carboxylic acids is 1. The van der Waals surface area contributed by atoms with Gasteiger partial charge in [0.05, 0.1) is 16.5 Å². The quantitative estimate of drug-likeness (QED) is 0.0845. The van der Waals surface area contributed by atoms with Crippen molar-refractivity contribution in [2.75, 3.05) is 26.1 Å². The van der Waals surface area contributed by atoms with Gasteiger partial charge in [0.15, 0.2) is 5.16 Å². The van der Waals surface area contributed by atoms with Gasteiger partial charge in [-0.1, -0.05) is 73.9 Å². The summed E-state index contributed by atoms with van der Waals surface area (Å²) >= 11 is 0.0663. The smallest absolute Gasteiger partial charge is 0.336 e. The lowest BCUT2D eigenvalue weighted by Gasteiger charge is -2.28. The fourth-order valence-corrected chi connectivity index (χ4v) is 5.23. The molecule has 3 aromatic carbocycles. The van der Waals surface area contributed by atoms with Crippen LogP contribution in [0.3, 0.4) is 0 Å². The van der Waals surface area contributed by atoms with Crippen molar-refractivity contribution in [3.63, 3.8) is 0 Å². The van der Waals surface area contributed by atoms with E-state index < -0.39 is 128 Å². The zero-order valence-electron chi connectivity index (χ0n) is 44.2. The van der Waals surface area contributed by atoms with Crippen LogP contribution in [0.15, 0.2) is 82.7 Å². The standard InChI is InChI=1S/C36H38F4N4O2S/c1-3-42(4-2)20-21-43(22-25-8-12-27(13-9-25)28-14-16-29(17-15-28)36(38,39)40)33(45)23-44-32-7-5-6-31(32)34(46)41-35(44)47-24-26-10-18-30(37)19-11-26/h8-19H,3-7,20-24H2,1-2H3/i1D3,2D3,3D2,4D2,8D,9D,12D,13D,22D2,23D2,24D2. The summed E-state index contributed by atoms with van der Waals surface area (Å²) in [7, 11) is 0. The molecule has 4 aromatic rings. The third kappa shape index (κ3) is 8.70. The molecule has 5 rings (SSSR count). The van der Waals surface area contributed by atoms with Crippen LogP contribution in [-0.4, -0.2) is 51.3 Å². The van der Waals surface area contributed by atoms with E-state index in [2.05, 4.69) is 4.98 Å². The Labute approximate surface area is 304 Å². The molecule has 0 unspecified atom stereocenters. The molecule has 1 heterocycles. The third-order valence-corrected chi connectivity index (χ3v) is 7.65. The Balaban J connectivity index is 1.78. The van der Waals surface area contributed by atoms with Crippen molar-refractivity contribution in [1.82, 2.24) is 19.4 Å². The van der Waals surface area contributed by atoms with Crippen molar-refractivity contribution in [3.8, 4) is 11.1 Å². The van der Waals surface area contributed by atoms with Gasteiger partial charge in [-0.25, -0.2) is 4.39 Å². The SMILES string of the molecule is [2H]c1c([2H])c(C([2H])([2H])N(CCN(C([2H])([2H])C([2H])([2H])[2H])C([2H])([2H])C([2H])([2H])[2H])C(=O)C([2H])([2H])n2c(SC([2H])([2H])c3ccc(F)cc3)nc(=O)c3c2CCC3)c([2H])c([2H])c1-c1ccc(C(F)(F)F)cc1. The summed E-state index contributed by atoms with van der Waals surface area (Å²) < 4.78 is 225. The summed E-state index contributed by atoms with van der Waals surface area (Å²) in [4.78, 5) is 31.7. The van der Waals surface area contributed by atoms with Crippen molar-refractivity contribution in [3.05, 3.63) is 117 Å². The lowest BCUT2D eigenvalue weighted by molar-refractivity contribution is -0.137. The van der Waals surface area contributed by atoms with E-state index in [1.807, 2.05) is 0 Å². The van der Waals surface area contributed by atoms with E-state index in [0.29, 0.717) is 16.7 Å². The highest BCUT2D eigenvalue weighted by molar-refractivity contribution is 7.98. The molecule has 1 aromatic heterocycles. The highest BCUT2D eigenvalue weighted by Crippen LogP contribution is 2.31. The van der Waals surface area contributed by atoms with E-state index in [4.69, 9.17) is 21.9 Å². The van der Waals surface area contributed by atoms with Crippen LogP contribution in [-0.2, 0) is 42.5 Å². The van der Waals surface area contributed by atoms with Crippen LogP contribution in [0.25, 0.3) is 11.1 Å². The Morgan fingerprint density at radius 1 is 0.979 bits per heavy atom. The van der Waals surface area contributed by atoms with E-state index in [9.17, 15) is 27.8 Å². The minimum Gasteiger partial charge on any atom is -0.336 e.